The summed E-state index contributed by atoms with van der Waals surface area (Å²) in [5, 5.41) is 34.3. The van der Waals surface area contributed by atoms with Gasteiger partial charge in [-0.05, 0) is 46.3 Å². The van der Waals surface area contributed by atoms with Crippen molar-refractivity contribution in [3.63, 3.8) is 0 Å². The molecule has 0 aliphatic rings. The number of hydrogen-bond acceptors (Lipinski definition) is 8. The van der Waals surface area contributed by atoms with Gasteiger partial charge in [-0.2, -0.15) is 4.98 Å². The molecule has 2 aromatic carbocycles. The highest BCUT2D eigenvalue weighted by Crippen LogP contribution is 2.27. The summed E-state index contributed by atoms with van der Waals surface area (Å²) in [6.45, 7) is 0.859. The van der Waals surface area contributed by atoms with E-state index in [1.54, 1.807) is 6.20 Å². The summed E-state index contributed by atoms with van der Waals surface area (Å²) in [5.41, 5.74) is 3.24. The average Bonchev–Trinajstić information content (AvgIpc) is 2.77. The minimum absolute atomic E-state index is 0.0158. The van der Waals surface area contributed by atoms with Crippen LogP contribution in [0.4, 0.5) is 28.8 Å². The lowest BCUT2D eigenvalue weighted by Crippen LogP contribution is -2.29. The first-order valence-corrected chi connectivity index (χ1v) is 10.3. The molecule has 0 bridgehead atoms. The zero-order valence-corrected chi connectivity index (χ0v) is 17.9. The van der Waals surface area contributed by atoms with Crippen LogP contribution in [0.15, 0.2) is 59.2 Å². The van der Waals surface area contributed by atoms with Gasteiger partial charge in [-0.15, -0.1) is 0 Å². The molecule has 9 heteroatoms. The number of rotatable bonds is 10. The van der Waals surface area contributed by atoms with Crippen LogP contribution >= 0.6 is 15.9 Å². The third kappa shape index (κ3) is 5.67. The quantitative estimate of drug-likeness (QED) is 0.305. The van der Waals surface area contributed by atoms with E-state index in [0.29, 0.717) is 29.3 Å². The lowest BCUT2D eigenvalue weighted by Gasteiger charge is -2.23. The number of nitrogens with one attached hydrogen (secondary N) is 2. The zero-order chi connectivity index (χ0) is 21.3. The summed E-state index contributed by atoms with van der Waals surface area (Å²) in [5.74, 6) is 0.986. The number of nitrogens with zero attached hydrogens (tertiary/aromatic N) is 3. The zero-order valence-electron chi connectivity index (χ0n) is 16.3. The topological polar surface area (TPSA) is 114 Å². The lowest BCUT2D eigenvalue weighted by atomic mass is 10.2. The van der Waals surface area contributed by atoms with Crippen LogP contribution in [0.25, 0.3) is 0 Å². The largest absolute Gasteiger partial charge is 0.395 e. The SMILES string of the molecule is OCCN(CCO)c1ccc(Nc2ncc(Br)c(Nc3ccccc3CO)n2)cc1. The first-order chi connectivity index (χ1) is 14.6. The van der Waals surface area contributed by atoms with Gasteiger partial charge >= 0.3 is 0 Å². The molecule has 0 aliphatic carbocycles. The Labute approximate surface area is 183 Å². The highest BCUT2D eigenvalue weighted by molar-refractivity contribution is 9.10. The first kappa shape index (κ1) is 22.0. The van der Waals surface area contributed by atoms with Gasteiger partial charge in [0, 0.05) is 41.9 Å². The van der Waals surface area contributed by atoms with E-state index in [-0.39, 0.29) is 19.8 Å². The summed E-state index contributed by atoms with van der Waals surface area (Å²) in [4.78, 5) is 10.7. The Morgan fingerprint density at radius 2 is 1.60 bits per heavy atom. The van der Waals surface area contributed by atoms with Crippen molar-refractivity contribution in [2.24, 2.45) is 0 Å². The second-order valence-electron chi connectivity index (χ2n) is 6.44. The van der Waals surface area contributed by atoms with Crippen molar-refractivity contribution in [1.82, 2.24) is 9.97 Å². The third-order valence-electron chi connectivity index (χ3n) is 4.41. The molecule has 0 fully saturated rings. The van der Waals surface area contributed by atoms with E-state index in [1.807, 2.05) is 53.4 Å². The predicted octanol–water partition coefficient (Wildman–Crippen LogP) is 3.01. The summed E-state index contributed by atoms with van der Waals surface area (Å²) >= 11 is 3.45. The predicted molar refractivity (Wildman–Crippen MR) is 121 cm³/mol. The fraction of sp³-hybridized carbons (Fsp3) is 0.238. The average molecular weight is 474 g/mol. The van der Waals surface area contributed by atoms with Gasteiger partial charge in [0.1, 0.15) is 5.82 Å². The van der Waals surface area contributed by atoms with Crippen molar-refractivity contribution >= 4 is 44.8 Å². The Morgan fingerprint density at radius 1 is 0.900 bits per heavy atom. The van der Waals surface area contributed by atoms with Crippen molar-refractivity contribution in [2.45, 2.75) is 6.61 Å². The van der Waals surface area contributed by atoms with E-state index in [0.717, 1.165) is 22.6 Å². The van der Waals surface area contributed by atoms with Crippen LogP contribution in [-0.2, 0) is 6.61 Å². The van der Waals surface area contributed by atoms with E-state index in [4.69, 9.17) is 0 Å². The van der Waals surface area contributed by atoms with E-state index in [1.165, 1.54) is 0 Å². The molecule has 3 aromatic rings. The van der Waals surface area contributed by atoms with Gasteiger partial charge in [-0.25, -0.2) is 4.98 Å². The minimum atomic E-state index is -0.0765. The number of aliphatic hydroxyl groups excluding tert-OH is 3. The van der Waals surface area contributed by atoms with Crippen molar-refractivity contribution in [2.75, 3.05) is 41.8 Å². The summed E-state index contributed by atoms with van der Waals surface area (Å²) in [7, 11) is 0. The van der Waals surface area contributed by atoms with Crippen molar-refractivity contribution in [1.29, 1.82) is 0 Å². The molecule has 1 aromatic heterocycles. The Kier molecular flexibility index (Phi) is 7.97. The van der Waals surface area contributed by atoms with E-state index in [2.05, 4.69) is 36.5 Å². The maximum absolute atomic E-state index is 9.52. The molecule has 0 spiro atoms. The van der Waals surface area contributed by atoms with Crippen molar-refractivity contribution < 1.29 is 15.3 Å². The van der Waals surface area contributed by atoms with Crippen LogP contribution < -0.4 is 15.5 Å². The van der Waals surface area contributed by atoms with Gasteiger partial charge < -0.3 is 30.9 Å². The molecule has 30 heavy (non-hydrogen) atoms. The molecule has 158 valence electrons. The number of aliphatic hydroxyl groups is 3. The summed E-state index contributed by atoms with van der Waals surface area (Å²) in [6.07, 6.45) is 1.65. The highest BCUT2D eigenvalue weighted by Gasteiger charge is 2.09. The normalized spacial score (nSPS) is 10.7. The smallest absolute Gasteiger partial charge is 0.229 e. The maximum atomic E-state index is 9.52. The molecular weight excluding hydrogens is 450 g/mol. The summed E-state index contributed by atoms with van der Waals surface area (Å²) < 4.78 is 0.694. The number of halogens is 1. The molecule has 0 saturated carbocycles. The first-order valence-electron chi connectivity index (χ1n) is 9.46. The van der Waals surface area contributed by atoms with Gasteiger partial charge in [0.25, 0.3) is 0 Å². The van der Waals surface area contributed by atoms with Crippen LogP contribution in [0, 0.1) is 0 Å². The van der Waals surface area contributed by atoms with Crippen LogP contribution in [0.1, 0.15) is 5.56 Å². The molecule has 0 radical (unpaired) electrons. The molecule has 0 amide bonds. The summed E-state index contributed by atoms with van der Waals surface area (Å²) in [6, 6.07) is 15.0. The molecule has 0 saturated heterocycles. The van der Waals surface area contributed by atoms with E-state index >= 15 is 0 Å². The number of hydrogen-bond donors (Lipinski definition) is 5. The monoisotopic (exact) mass is 473 g/mol. The molecule has 0 aliphatic heterocycles. The Balaban J connectivity index is 1.75. The number of para-hydroxylation sites is 1. The lowest BCUT2D eigenvalue weighted by molar-refractivity contribution is 0.281. The molecular formula is C21H24BrN5O3. The van der Waals surface area contributed by atoms with Gasteiger partial charge in [0.05, 0.1) is 24.3 Å². The Morgan fingerprint density at radius 3 is 2.27 bits per heavy atom. The Bertz CT molecular complexity index is 950. The Hall–Kier alpha value is -2.72. The van der Waals surface area contributed by atoms with Gasteiger partial charge in [-0.3, -0.25) is 0 Å². The molecule has 1 heterocycles. The van der Waals surface area contributed by atoms with E-state index in [9.17, 15) is 15.3 Å². The van der Waals surface area contributed by atoms with E-state index < -0.39 is 0 Å². The van der Waals surface area contributed by atoms with Gasteiger partial charge in [0.15, 0.2) is 0 Å². The fourth-order valence-corrected chi connectivity index (χ4v) is 3.21. The van der Waals surface area contributed by atoms with Gasteiger partial charge in [0.2, 0.25) is 5.95 Å². The fourth-order valence-electron chi connectivity index (χ4n) is 2.92. The maximum Gasteiger partial charge on any atom is 0.229 e. The van der Waals surface area contributed by atoms with Gasteiger partial charge in [-0.1, -0.05) is 18.2 Å². The van der Waals surface area contributed by atoms with Crippen LogP contribution in [0.3, 0.4) is 0 Å². The molecule has 0 atom stereocenters. The van der Waals surface area contributed by atoms with Crippen LogP contribution in [0.2, 0.25) is 0 Å². The van der Waals surface area contributed by atoms with Crippen molar-refractivity contribution in [3.05, 3.63) is 64.8 Å². The number of aromatic nitrogens is 2. The van der Waals surface area contributed by atoms with Crippen LogP contribution in [0.5, 0.6) is 0 Å². The standard InChI is InChI=1S/C21H24BrN5O3/c22-18-13-23-21(26-20(18)25-19-4-2-1-3-15(19)14-30)24-16-5-7-17(8-6-16)27(9-11-28)10-12-29/h1-8,13,28-30H,9-12,14H2,(H2,23,24,25,26). The number of benzene rings is 2. The molecule has 0 unspecified atom stereocenters. The second kappa shape index (κ2) is 10.9. The second-order valence-corrected chi connectivity index (χ2v) is 7.29. The molecule has 5 N–H and O–H groups in total. The molecule has 8 nitrogen and oxygen atoms in total. The number of anilines is 5. The third-order valence-corrected chi connectivity index (χ3v) is 4.99. The minimum Gasteiger partial charge on any atom is -0.395 e. The van der Waals surface area contributed by atoms with Crippen molar-refractivity contribution in [3.8, 4) is 0 Å². The van der Waals surface area contributed by atoms with Crippen LogP contribution in [-0.4, -0.2) is 51.6 Å². The highest BCUT2D eigenvalue weighted by atomic mass is 79.9. The molecule has 3 rings (SSSR count).